The van der Waals surface area contributed by atoms with E-state index in [0.29, 0.717) is 5.95 Å². The van der Waals surface area contributed by atoms with Crippen LogP contribution in [0.2, 0.25) is 0 Å². The zero-order valence-electron chi connectivity index (χ0n) is 9.46. The number of aryl methyl sites for hydroxylation is 1. The van der Waals surface area contributed by atoms with Crippen LogP contribution in [0.4, 0.5) is 5.95 Å². The second kappa shape index (κ2) is 4.74. The normalized spacial score (nSPS) is 12.4. The van der Waals surface area contributed by atoms with Crippen LogP contribution in [0.5, 0.6) is 0 Å². The summed E-state index contributed by atoms with van der Waals surface area (Å²) in [4.78, 5) is 8.45. The van der Waals surface area contributed by atoms with E-state index in [2.05, 4.69) is 27.3 Å². The maximum absolute atomic E-state index is 4.29. The number of hydrogen-bond donors (Lipinski definition) is 1. The highest BCUT2D eigenvalue weighted by Gasteiger charge is 2.04. The maximum Gasteiger partial charge on any atom is 0.223 e. The molecule has 0 aliphatic heterocycles. The minimum absolute atomic E-state index is 0.238. The molecular formula is C11H15N5. The zero-order chi connectivity index (χ0) is 11.4. The van der Waals surface area contributed by atoms with Crippen molar-refractivity contribution in [3.63, 3.8) is 0 Å². The summed E-state index contributed by atoms with van der Waals surface area (Å²) < 4.78 is 1.88. The first-order chi connectivity index (χ1) is 7.74. The minimum atomic E-state index is 0.238. The molecule has 2 rings (SSSR count). The Morgan fingerprint density at radius 3 is 3.00 bits per heavy atom. The summed E-state index contributed by atoms with van der Waals surface area (Å²) in [5.41, 5.74) is 0.962. The molecule has 1 unspecified atom stereocenters. The van der Waals surface area contributed by atoms with Gasteiger partial charge in [0, 0.05) is 30.3 Å². The fourth-order valence-corrected chi connectivity index (χ4v) is 1.47. The predicted octanol–water partition coefficient (Wildman–Crippen LogP) is 1.48. The Kier molecular flexibility index (Phi) is 3.14. The molecule has 0 aromatic carbocycles. The number of hydrogen-bond acceptors (Lipinski definition) is 4. The van der Waals surface area contributed by atoms with Gasteiger partial charge < -0.3 is 5.32 Å². The molecule has 2 aromatic heterocycles. The topological polar surface area (TPSA) is 55.6 Å². The highest BCUT2D eigenvalue weighted by molar-refractivity contribution is 5.25. The lowest BCUT2D eigenvalue weighted by Gasteiger charge is -2.13. The second-order valence-corrected chi connectivity index (χ2v) is 3.80. The summed E-state index contributed by atoms with van der Waals surface area (Å²) in [6.07, 6.45) is 5.47. The standard InChI is InChI=1S/C11H15N5/c1-9-4-6-12-11(14-9)15-10(2)8-16-7-3-5-13-16/h3-7,10H,8H2,1-2H3,(H,12,14,15). The molecule has 1 N–H and O–H groups in total. The largest absolute Gasteiger partial charge is 0.350 e. The van der Waals surface area contributed by atoms with Crippen molar-refractivity contribution in [1.29, 1.82) is 0 Å². The van der Waals surface area contributed by atoms with Crippen LogP contribution in [0.25, 0.3) is 0 Å². The summed E-state index contributed by atoms with van der Waals surface area (Å²) in [6, 6.07) is 4.03. The monoisotopic (exact) mass is 217 g/mol. The van der Waals surface area contributed by atoms with Crippen LogP contribution < -0.4 is 5.32 Å². The van der Waals surface area contributed by atoms with Crippen molar-refractivity contribution in [3.05, 3.63) is 36.4 Å². The van der Waals surface area contributed by atoms with E-state index in [1.54, 1.807) is 12.4 Å². The SMILES string of the molecule is Cc1ccnc(NC(C)Cn2cccn2)n1. The molecule has 5 heteroatoms. The van der Waals surface area contributed by atoms with Crippen molar-refractivity contribution in [2.24, 2.45) is 0 Å². The van der Waals surface area contributed by atoms with Gasteiger partial charge in [0.2, 0.25) is 5.95 Å². The molecule has 16 heavy (non-hydrogen) atoms. The predicted molar refractivity (Wildman–Crippen MR) is 62.1 cm³/mol. The number of nitrogens with zero attached hydrogens (tertiary/aromatic N) is 4. The van der Waals surface area contributed by atoms with Crippen LogP contribution in [0, 0.1) is 6.92 Å². The van der Waals surface area contributed by atoms with Crippen LogP contribution in [-0.4, -0.2) is 25.8 Å². The Morgan fingerprint density at radius 1 is 1.44 bits per heavy atom. The first-order valence-corrected chi connectivity index (χ1v) is 5.27. The van der Waals surface area contributed by atoms with Gasteiger partial charge in [-0.3, -0.25) is 4.68 Å². The number of aromatic nitrogens is 4. The first kappa shape index (κ1) is 10.6. The van der Waals surface area contributed by atoms with Gasteiger partial charge in [0.05, 0.1) is 6.54 Å². The molecule has 84 valence electrons. The van der Waals surface area contributed by atoms with E-state index >= 15 is 0 Å². The van der Waals surface area contributed by atoms with Gasteiger partial charge in [-0.25, -0.2) is 9.97 Å². The van der Waals surface area contributed by atoms with Gasteiger partial charge in [-0.15, -0.1) is 0 Å². The van der Waals surface area contributed by atoms with Crippen molar-refractivity contribution in [2.45, 2.75) is 26.4 Å². The third-order valence-electron chi connectivity index (χ3n) is 2.19. The Morgan fingerprint density at radius 2 is 2.31 bits per heavy atom. The number of nitrogens with one attached hydrogen (secondary N) is 1. The average Bonchev–Trinajstić information content (AvgIpc) is 2.70. The van der Waals surface area contributed by atoms with E-state index in [4.69, 9.17) is 0 Å². The smallest absolute Gasteiger partial charge is 0.223 e. The van der Waals surface area contributed by atoms with Crippen molar-refractivity contribution in [2.75, 3.05) is 5.32 Å². The molecule has 5 nitrogen and oxygen atoms in total. The van der Waals surface area contributed by atoms with E-state index < -0.39 is 0 Å². The zero-order valence-corrected chi connectivity index (χ0v) is 9.46. The van der Waals surface area contributed by atoms with E-state index in [9.17, 15) is 0 Å². The van der Waals surface area contributed by atoms with Crippen LogP contribution >= 0.6 is 0 Å². The highest BCUT2D eigenvalue weighted by atomic mass is 15.3. The first-order valence-electron chi connectivity index (χ1n) is 5.27. The van der Waals surface area contributed by atoms with Gasteiger partial charge in [-0.05, 0) is 26.0 Å². The van der Waals surface area contributed by atoms with Gasteiger partial charge in [0.25, 0.3) is 0 Å². The molecule has 2 heterocycles. The molecule has 1 atom stereocenters. The van der Waals surface area contributed by atoms with Gasteiger partial charge in [-0.2, -0.15) is 5.10 Å². The summed E-state index contributed by atoms with van der Waals surface area (Å²) >= 11 is 0. The maximum atomic E-state index is 4.29. The van der Waals surface area contributed by atoms with E-state index in [0.717, 1.165) is 12.2 Å². The lowest BCUT2D eigenvalue weighted by atomic mass is 10.3. The third kappa shape index (κ3) is 2.79. The van der Waals surface area contributed by atoms with Crippen molar-refractivity contribution in [1.82, 2.24) is 19.7 Å². The Labute approximate surface area is 94.5 Å². The van der Waals surface area contributed by atoms with Crippen molar-refractivity contribution < 1.29 is 0 Å². The van der Waals surface area contributed by atoms with Gasteiger partial charge in [0.15, 0.2) is 0 Å². The van der Waals surface area contributed by atoms with E-state index in [-0.39, 0.29) is 6.04 Å². The van der Waals surface area contributed by atoms with Crippen LogP contribution in [0.1, 0.15) is 12.6 Å². The molecule has 0 spiro atoms. The average molecular weight is 217 g/mol. The minimum Gasteiger partial charge on any atom is -0.350 e. The summed E-state index contributed by atoms with van der Waals surface area (Å²) in [5, 5.41) is 7.39. The summed E-state index contributed by atoms with van der Waals surface area (Å²) in [5.74, 6) is 0.666. The van der Waals surface area contributed by atoms with Gasteiger partial charge in [-0.1, -0.05) is 0 Å². The summed E-state index contributed by atoms with van der Waals surface area (Å²) in [7, 11) is 0. The molecule has 0 saturated heterocycles. The van der Waals surface area contributed by atoms with Crippen LogP contribution in [-0.2, 0) is 6.54 Å². The molecule has 0 bridgehead atoms. The van der Waals surface area contributed by atoms with Crippen LogP contribution in [0.15, 0.2) is 30.7 Å². The molecule has 0 amide bonds. The quantitative estimate of drug-likeness (QED) is 0.842. The van der Waals surface area contributed by atoms with Gasteiger partial charge >= 0.3 is 0 Å². The Bertz CT molecular complexity index is 437. The third-order valence-corrected chi connectivity index (χ3v) is 2.19. The van der Waals surface area contributed by atoms with Crippen LogP contribution in [0.3, 0.4) is 0 Å². The number of anilines is 1. The van der Waals surface area contributed by atoms with Crippen molar-refractivity contribution >= 4 is 5.95 Å². The van der Waals surface area contributed by atoms with E-state index in [1.165, 1.54) is 0 Å². The Balaban J connectivity index is 1.94. The van der Waals surface area contributed by atoms with E-state index in [1.807, 2.05) is 29.9 Å². The molecule has 0 aliphatic rings. The van der Waals surface area contributed by atoms with Crippen molar-refractivity contribution in [3.8, 4) is 0 Å². The number of rotatable bonds is 4. The Hall–Kier alpha value is -1.91. The molecule has 0 radical (unpaired) electrons. The fraction of sp³-hybridized carbons (Fsp3) is 0.364. The highest BCUT2D eigenvalue weighted by Crippen LogP contribution is 2.02. The summed E-state index contributed by atoms with van der Waals surface area (Å²) in [6.45, 7) is 4.82. The molecule has 2 aromatic rings. The second-order valence-electron chi connectivity index (χ2n) is 3.80. The van der Waals surface area contributed by atoms with Gasteiger partial charge in [0.1, 0.15) is 0 Å². The molecular weight excluding hydrogens is 202 g/mol. The lowest BCUT2D eigenvalue weighted by Crippen LogP contribution is -2.23. The lowest BCUT2D eigenvalue weighted by molar-refractivity contribution is 0.558. The molecule has 0 saturated carbocycles. The fourth-order valence-electron chi connectivity index (χ4n) is 1.47. The molecule has 0 fully saturated rings. The molecule has 0 aliphatic carbocycles.